The molecule has 0 aromatic heterocycles. The summed E-state index contributed by atoms with van der Waals surface area (Å²) in [4.78, 5) is 24.4. The van der Waals surface area contributed by atoms with E-state index in [2.05, 4.69) is 5.32 Å². The molecule has 4 aromatic rings. The maximum absolute atomic E-state index is 13.4. The SMILES string of the molecule is O=C(Cc1cc(F)cc(F)c1)N[C@H](Cc1c2ccccc2cc2ccccc12)C(=O)O. The van der Waals surface area contributed by atoms with Crippen molar-refractivity contribution in [2.24, 2.45) is 0 Å². The van der Waals surface area contributed by atoms with E-state index < -0.39 is 29.6 Å². The Balaban J connectivity index is 1.64. The van der Waals surface area contributed by atoms with E-state index in [-0.39, 0.29) is 18.4 Å². The number of carboxylic acid groups (broad SMARTS) is 1. The predicted molar refractivity (Wildman–Crippen MR) is 115 cm³/mol. The molecule has 1 atom stereocenters. The molecule has 31 heavy (non-hydrogen) atoms. The largest absolute Gasteiger partial charge is 0.480 e. The molecule has 1 amide bonds. The Morgan fingerprint density at radius 2 is 1.39 bits per heavy atom. The Kier molecular flexibility index (Phi) is 5.62. The number of rotatable bonds is 6. The van der Waals surface area contributed by atoms with Gasteiger partial charge in [-0.2, -0.15) is 0 Å². The molecular formula is C25H19F2NO3. The number of carbonyl (C=O) groups is 2. The Morgan fingerprint density at radius 1 is 0.839 bits per heavy atom. The van der Waals surface area contributed by atoms with Crippen LogP contribution in [-0.2, 0) is 22.4 Å². The van der Waals surface area contributed by atoms with Crippen LogP contribution in [0.3, 0.4) is 0 Å². The Bertz CT molecular complexity index is 1230. The molecule has 4 rings (SSSR count). The molecule has 0 aliphatic rings. The summed E-state index contributed by atoms with van der Waals surface area (Å²) in [6, 6.07) is 19.0. The van der Waals surface area contributed by atoms with E-state index in [1.165, 1.54) is 0 Å². The highest BCUT2D eigenvalue weighted by Gasteiger charge is 2.23. The van der Waals surface area contributed by atoms with Crippen LogP contribution in [0.15, 0.2) is 72.8 Å². The number of carboxylic acids is 1. The van der Waals surface area contributed by atoms with Crippen molar-refractivity contribution < 1.29 is 23.5 Å². The van der Waals surface area contributed by atoms with E-state index in [1.54, 1.807) is 0 Å². The van der Waals surface area contributed by atoms with Gasteiger partial charge in [-0.3, -0.25) is 4.79 Å². The van der Waals surface area contributed by atoms with Crippen LogP contribution in [0, 0.1) is 11.6 Å². The summed E-state index contributed by atoms with van der Waals surface area (Å²) in [5, 5.41) is 16.0. The first-order valence-corrected chi connectivity index (χ1v) is 9.77. The maximum Gasteiger partial charge on any atom is 0.326 e. The van der Waals surface area contributed by atoms with Crippen LogP contribution in [0.25, 0.3) is 21.5 Å². The van der Waals surface area contributed by atoms with E-state index in [0.29, 0.717) is 6.07 Å². The number of amides is 1. The first-order chi connectivity index (χ1) is 14.9. The van der Waals surface area contributed by atoms with Gasteiger partial charge in [0.25, 0.3) is 0 Å². The van der Waals surface area contributed by atoms with Crippen molar-refractivity contribution in [3.63, 3.8) is 0 Å². The number of carbonyl (C=O) groups excluding carboxylic acids is 1. The van der Waals surface area contributed by atoms with Gasteiger partial charge in [-0.15, -0.1) is 0 Å². The van der Waals surface area contributed by atoms with Gasteiger partial charge in [-0.1, -0.05) is 48.5 Å². The summed E-state index contributed by atoms with van der Waals surface area (Å²) in [6.07, 6.45) is -0.255. The minimum atomic E-state index is -1.19. The van der Waals surface area contributed by atoms with Gasteiger partial charge < -0.3 is 10.4 Å². The highest BCUT2D eigenvalue weighted by atomic mass is 19.1. The fourth-order valence-electron chi connectivity index (χ4n) is 3.88. The molecule has 0 saturated heterocycles. The van der Waals surface area contributed by atoms with Crippen LogP contribution in [-0.4, -0.2) is 23.0 Å². The first-order valence-electron chi connectivity index (χ1n) is 9.77. The normalized spacial score (nSPS) is 12.1. The molecule has 0 unspecified atom stereocenters. The molecule has 0 radical (unpaired) electrons. The Morgan fingerprint density at radius 3 is 1.94 bits per heavy atom. The van der Waals surface area contributed by atoms with Crippen molar-refractivity contribution in [2.45, 2.75) is 18.9 Å². The Labute approximate surface area is 177 Å². The molecule has 0 aliphatic carbocycles. The third kappa shape index (κ3) is 4.53. The number of benzene rings is 4. The molecule has 0 bridgehead atoms. The second-order valence-electron chi connectivity index (χ2n) is 7.41. The van der Waals surface area contributed by atoms with E-state index in [0.717, 1.165) is 39.2 Å². The summed E-state index contributed by atoms with van der Waals surface area (Å²) in [5.41, 5.74) is 0.952. The molecular weight excluding hydrogens is 400 g/mol. The van der Waals surface area contributed by atoms with Gasteiger partial charge in [0.15, 0.2) is 0 Å². The lowest BCUT2D eigenvalue weighted by atomic mass is 9.92. The number of hydrogen-bond acceptors (Lipinski definition) is 2. The van der Waals surface area contributed by atoms with Gasteiger partial charge in [0.2, 0.25) is 5.91 Å². The van der Waals surface area contributed by atoms with Gasteiger partial charge in [-0.25, -0.2) is 13.6 Å². The molecule has 0 saturated carbocycles. The number of fused-ring (bicyclic) bond motifs is 2. The minimum absolute atomic E-state index is 0.0699. The van der Waals surface area contributed by atoms with Crippen LogP contribution in [0.2, 0.25) is 0 Å². The number of halogens is 2. The number of aliphatic carboxylic acids is 1. The molecule has 156 valence electrons. The number of nitrogens with one attached hydrogen (secondary N) is 1. The second-order valence-corrected chi connectivity index (χ2v) is 7.41. The molecule has 6 heteroatoms. The van der Waals surface area contributed by atoms with E-state index in [9.17, 15) is 23.5 Å². The lowest BCUT2D eigenvalue weighted by molar-refractivity contribution is -0.141. The molecule has 0 heterocycles. The first kappa shape index (κ1) is 20.5. The zero-order valence-electron chi connectivity index (χ0n) is 16.4. The zero-order chi connectivity index (χ0) is 22.0. The van der Waals surface area contributed by atoms with Crippen molar-refractivity contribution in [1.82, 2.24) is 5.32 Å². The van der Waals surface area contributed by atoms with Crippen molar-refractivity contribution in [3.05, 3.63) is 95.6 Å². The lowest BCUT2D eigenvalue weighted by Crippen LogP contribution is -2.43. The fourth-order valence-corrected chi connectivity index (χ4v) is 3.88. The van der Waals surface area contributed by atoms with Crippen LogP contribution in [0.4, 0.5) is 8.78 Å². The van der Waals surface area contributed by atoms with E-state index >= 15 is 0 Å². The van der Waals surface area contributed by atoms with E-state index in [1.807, 2.05) is 54.6 Å². The Hall–Kier alpha value is -3.80. The second kappa shape index (κ2) is 8.52. The third-order valence-corrected chi connectivity index (χ3v) is 5.21. The average Bonchev–Trinajstić information content (AvgIpc) is 2.72. The summed E-state index contributed by atoms with van der Waals surface area (Å²) in [7, 11) is 0. The molecule has 0 spiro atoms. The lowest BCUT2D eigenvalue weighted by Gasteiger charge is -2.18. The maximum atomic E-state index is 13.4. The van der Waals surface area contributed by atoms with Crippen LogP contribution in [0.1, 0.15) is 11.1 Å². The number of hydrogen-bond donors (Lipinski definition) is 2. The zero-order valence-corrected chi connectivity index (χ0v) is 16.4. The van der Waals surface area contributed by atoms with Gasteiger partial charge >= 0.3 is 5.97 Å². The predicted octanol–water partition coefficient (Wildman–Crippen LogP) is 4.63. The molecule has 2 N–H and O–H groups in total. The van der Waals surface area contributed by atoms with Crippen molar-refractivity contribution >= 4 is 33.4 Å². The van der Waals surface area contributed by atoms with Gasteiger partial charge in [0.1, 0.15) is 17.7 Å². The van der Waals surface area contributed by atoms with Crippen molar-refractivity contribution in [1.29, 1.82) is 0 Å². The summed E-state index contributed by atoms with van der Waals surface area (Å²) in [6.45, 7) is 0. The van der Waals surface area contributed by atoms with Crippen molar-refractivity contribution in [3.8, 4) is 0 Å². The summed E-state index contributed by atoms with van der Waals surface area (Å²) in [5.74, 6) is -3.39. The van der Waals surface area contributed by atoms with E-state index in [4.69, 9.17) is 0 Å². The molecule has 0 aliphatic heterocycles. The third-order valence-electron chi connectivity index (χ3n) is 5.21. The van der Waals surface area contributed by atoms with Crippen LogP contribution >= 0.6 is 0 Å². The highest BCUT2D eigenvalue weighted by molar-refractivity contribution is 6.02. The summed E-state index contributed by atoms with van der Waals surface area (Å²) >= 11 is 0. The minimum Gasteiger partial charge on any atom is -0.480 e. The van der Waals surface area contributed by atoms with Crippen molar-refractivity contribution in [2.75, 3.05) is 0 Å². The molecule has 0 fully saturated rings. The topological polar surface area (TPSA) is 66.4 Å². The van der Waals surface area contributed by atoms with Crippen LogP contribution < -0.4 is 5.32 Å². The average molecular weight is 419 g/mol. The fraction of sp³-hybridized carbons (Fsp3) is 0.120. The quantitative estimate of drug-likeness (QED) is 0.448. The van der Waals surface area contributed by atoms with Crippen LogP contribution in [0.5, 0.6) is 0 Å². The highest BCUT2D eigenvalue weighted by Crippen LogP contribution is 2.29. The standard InChI is InChI=1S/C25H19F2NO3/c26-18-9-15(10-19(27)13-18)11-24(29)28-23(25(30)31)14-22-20-7-3-1-5-16(20)12-17-6-2-4-8-21(17)22/h1-10,12-13,23H,11,14H2,(H,28,29)(H,30,31)/t23-/m1/s1. The van der Waals surface area contributed by atoms with Gasteiger partial charge in [0.05, 0.1) is 6.42 Å². The molecule has 4 nitrogen and oxygen atoms in total. The molecule has 4 aromatic carbocycles. The van der Waals surface area contributed by atoms with Gasteiger partial charge in [-0.05, 0) is 50.9 Å². The smallest absolute Gasteiger partial charge is 0.326 e. The van der Waals surface area contributed by atoms with Gasteiger partial charge in [0, 0.05) is 12.5 Å². The monoisotopic (exact) mass is 419 g/mol. The summed E-state index contributed by atoms with van der Waals surface area (Å²) < 4.78 is 26.8.